The Morgan fingerprint density at radius 2 is 2.26 bits per heavy atom. The molecule has 1 aromatic rings. The number of anilines is 1. The van der Waals surface area contributed by atoms with Crippen LogP contribution in [0, 0.1) is 0 Å². The predicted octanol–water partition coefficient (Wildman–Crippen LogP) is 1.57. The molecule has 6 nitrogen and oxygen atoms in total. The molecule has 0 radical (unpaired) electrons. The molecule has 2 N–H and O–H groups in total. The molecule has 0 atom stereocenters. The summed E-state index contributed by atoms with van der Waals surface area (Å²) in [6.45, 7) is 6.53. The molecule has 0 saturated carbocycles. The maximum Gasteiger partial charge on any atom is 0.271 e. The van der Waals surface area contributed by atoms with Crippen molar-refractivity contribution in [2.75, 3.05) is 11.0 Å². The lowest BCUT2D eigenvalue weighted by Gasteiger charge is -2.19. The van der Waals surface area contributed by atoms with Crippen molar-refractivity contribution < 1.29 is 4.79 Å². The first-order chi connectivity index (χ1) is 9.08. The summed E-state index contributed by atoms with van der Waals surface area (Å²) in [5.74, 6) is -0.0980. The minimum atomic E-state index is -0.0980. The first-order valence-electron chi connectivity index (χ1n) is 6.32. The van der Waals surface area contributed by atoms with Gasteiger partial charge in [0.05, 0.1) is 5.69 Å². The third-order valence-electron chi connectivity index (χ3n) is 2.80. The number of nitrogens with one attached hydrogen (secondary N) is 2. The van der Waals surface area contributed by atoms with E-state index in [0.29, 0.717) is 12.2 Å². The Kier molecular flexibility index (Phi) is 4.04. The molecule has 1 aliphatic rings. The molecule has 0 saturated heterocycles. The van der Waals surface area contributed by atoms with Gasteiger partial charge in [0.25, 0.3) is 5.91 Å². The van der Waals surface area contributed by atoms with E-state index in [1.54, 1.807) is 11.7 Å². The summed E-state index contributed by atoms with van der Waals surface area (Å²) in [4.78, 5) is 12.2. The molecule has 0 aromatic carbocycles. The molecule has 0 bridgehead atoms. The average Bonchev–Trinajstić information content (AvgIpc) is 2.92. The quantitative estimate of drug-likeness (QED) is 0.820. The second-order valence-electron chi connectivity index (χ2n) is 4.29. The Morgan fingerprint density at radius 3 is 2.79 bits per heavy atom. The highest BCUT2D eigenvalue weighted by Crippen LogP contribution is 2.33. The van der Waals surface area contributed by atoms with Gasteiger partial charge in [-0.05, 0) is 20.3 Å². The molecule has 2 rings (SSSR count). The van der Waals surface area contributed by atoms with Crippen molar-refractivity contribution in [3.8, 4) is 0 Å². The fourth-order valence-electron chi connectivity index (χ4n) is 1.97. The van der Waals surface area contributed by atoms with Crippen LogP contribution in [0.2, 0.25) is 0 Å². The summed E-state index contributed by atoms with van der Waals surface area (Å²) in [5.41, 5.74) is 6.61. The van der Waals surface area contributed by atoms with E-state index in [-0.39, 0.29) is 5.91 Å². The molecule has 1 aliphatic heterocycles. The third kappa shape index (κ3) is 2.56. The van der Waals surface area contributed by atoms with Crippen LogP contribution >= 0.6 is 11.9 Å². The van der Waals surface area contributed by atoms with Crippen molar-refractivity contribution in [3.63, 3.8) is 0 Å². The Labute approximate surface area is 117 Å². The average molecular weight is 281 g/mol. The fraction of sp³-hybridized carbons (Fsp3) is 0.500. The zero-order valence-electron chi connectivity index (χ0n) is 11.6. The van der Waals surface area contributed by atoms with Crippen LogP contribution < -0.4 is 15.2 Å². The van der Waals surface area contributed by atoms with Gasteiger partial charge in [-0.25, -0.2) is 4.41 Å². The highest BCUT2D eigenvalue weighted by molar-refractivity contribution is 8.03. The minimum absolute atomic E-state index is 0.0980. The largest absolute Gasteiger partial charge is 0.351 e. The molecule has 1 amide bonds. The van der Waals surface area contributed by atoms with Crippen LogP contribution in [0.25, 0.3) is 0 Å². The maximum atomic E-state index is 12.2. The van der Waals surface area contributed by atoms with Gasteiger partial charge in [0.1, 0.15) is 5.69 Å². The standard InChI is InChI=1S/C12H19N5OS/c1-5-9-10(17-14-8(3)7-19-17)11(16(4)15-9)12(18)13-6-2/h7,14H,5-6H2,1-4H3,(H,13,18). The monoisotopic (exact) mass is 281 g/mol. The lowest BCUT2D eigenvalue weighted by atomic mass is 10.2. The number of hydrogen-bond donors (Lipinski definition) is 2. The van der Waals surface area contributed by atoms with Crippen LogP contribution in [0.5, 0.6) is 0 Å². The number of aromatic nitrogens is 2. The van der Waals surface area contributed by atoms with Gasteiger partial charge >= 0.3 is 0 Å². The van der Waals surface area contributed by atoms with E-state index in [2.05, 4.69) is 15.8 Å². The second kappa shape index (κ2) is 5.56. The predicted molar refractivity (Wildman–Crippen MR) is 77.6 cm³/mol. The molecule has 1 aromatic heterocycles. The van der Waals surface area contributed by atoms with Crippen LogP contribution in [0.4, 0.5) is 5.69 Å². The maximum absolute atomic E-state index is 12.2. The van der Waals surface area contributed by atoms with Gasteiger partial charge in [0, 0.05) is 36.6 Å². The van der Waals surface area contributed by atoms with Crippen molar-refractivity contribution in [1.29, 1.82) is 0 Å². The lowest BCUT2D eigenvalue weighted by molar-refractivity contribution is 0.0947. The number of hydrazine groups is 1. The van der Waals surface area contributed by atoms with Gasteiger partial charge in [0.2, 0.25) is 0 Å². The SMILES string of the molecule is CCNC(=O)c1c(N2NC(C)=CS2)c(CC)nn1C. The number of amides is 1. The second-order valence-corrected chi connectivity index (χ2v) is 5.10. The van der Waals surface area contributed by atoms with Gasteiger partial charge in [-0.15, -0.1) is 0 Å². The molecular formula is C12H19N5OS. The lowest BCUT2D eigenvalue weighted by Crippen LogP contribution is -2.31. The first kappa shape index (κ1) is 13.8. The number of hydrogen-bond acceptors (Lipinski definition) is 5. The van der Waals surface area contributed by atoms with Crippen molar-refractivity contribution in [2.24, 2.45) is 7.05 Å². The normalized spacial score (nSPS) is 14.3. The van der Waals surface area contributed by atoms with E-state index < -0.39 is 0 Å². The summed E-state index contributed by atoms with van der Waals surface area (Å²) >= 11 is 1.52. The first-order valence-corrected chi connectivity index (χ1v) is 7.16. The molecule has 19 heavy (non-hydrogen) atoms. The number of allylic oxidation sites excluding steroid dienone is 1. The molecular weight excluding hydrogens is 262 g/mol. The highest BCUT2D eigenvalue weighted by atomic mass is 32.2. The third-order valence-corrected chi connectivity index (χ3v) is 3.74. The molecule has 0 aliphatic carbocycles. The van der Waals surface area contributed by atoms with Crippen LogP contribution in [0.3, 0.4) is 0 Å². The Morgan fingerprint density at radius 1 is 1.53 bits per heavy atom. The number of carbonyl (C=O) groups is 1. The minimum Gasteiger partial charge on any atom is -0.351 e. The van der Waals surface area contributed by atoms with Crippen LogP contribution in [-0.4, -0.2) is 22.2 Å². The fourth-order valence-corrected chi connectivity index (χ4v) is 2.78. The van der Waals surface area contributed by atoms with E-state index in [0.717, 1.165) is 23.5 Å². The topological polar surface area (TPSA) is 62.2 Å². The zero-order chi connectivity index (χ0) is 14.0. The summed E-state index contributed by atoms with van der Waals surface area (Å²) < 4.78 is 3.54. The van der Waals surface area contributed by atoms with Crippen LogP contribution in [0.1, 0.15) is 37.0 Å². The summed E-state index contributed by atoms with van der Waals surface area (Å²) in [6, 6.07) is 0. The summed E-state index contributed by atoms with van der Waals surface area (Å²) in [7, 11) is 1.80. The van der Waals surface area contributed by atoms with Crippen molar-refractivity contribution >= 4 is 23.5 Å². The zero-order valence-corrected chi connectivity index (χ0v) is 12.5. The molecule has 104 valence electrons. The van der Waals surface area contributed by atoms with Crippen LogP contribution in [-0.2, 0) is 13.5 Å². The number of aryl methyl sites for hydroxylation is 2. The van der Waals surface area contributed by atoms with E-state index in [9.17, 15) is 4.79 Å². The number of carbonyl (C=O) groups excluding carboxylic acids is 1. The molecule has 0 spiro atoms. The Bertz CT molecular complexity index is 522. The smallest absolute Gasteiger partial charge is 0.271 e. The Balaban J connectivity index is 2.42. The highest BCUT2D eigenvalue weighted by Gasteiger charge is 2.27. The van der Waals surface area contributed by atoms with E-state index in [1.165, 1.54) is 11.9 Å². The summed E-state index contributed by atoms with van der Waals surface area (Å²) in [6.07, 6.45) is 0.778. The van der Waals surface area contributed by atoms with Gasteiger partial charge in [0.15, 0.2) is 5.69 Å². The number of nitrogens with zero attached hydrogens (tertiary/aromatic N) is 3. The van der Waals surface area contributed by atoms with E-state index >= 15 is 0 Å². The Hall–Kier alpha value is -1.63. The van der Waals surface area contributed by atoms with Crippen molar-refractivity contribution in [3.05, 3.63) is 22.5 Å². The molecule has 0 fully saturated rings. The van der Waals surface area contributed by atoms with E-state index in [4.69, 9.17) is 0 Å². The number of rotatable bonds is 4. The van der Waals surface area contributed by atoms with Crippen molar-refractivity contribution in [1.82, 2.24) is 20.5 Å². The van der Waals surface area contributed by atoms with Crippen LogP contribution in [0.15, 0.2) is 11.1 Å². The van der Waals surface area contributed by atoms with Crippen molar-refractivity contribution in [2.45, 2.75) is 27.2 Å². The van der Waals surface area contributed by atoms with Gasteiger partial charge in [-0.1, -0.05) is 6.92 Å². The van der Waals surface area contributed by atoms with Gasteiger partial charge in [-0.3, -0.25) is 14.9 Å². The van der Waals surface area contributed by atoms with Gasteiger partial charge in [-0.2, -0.15) is 5.10 Å². The van der Waals surface area contributed by atoms with E-state index in [1.807, 2.05) is 30.6 Å². The summed E-state index contributed by atoms with van der Waals surface area (Å²) in [5, 5.41) is 9.28. The van der Waals surface area contributed by atoms with Gasteiger partial charge < -0.3 is 5.32 Å². The molecule has 0 unspecified atom stereocenters. The molecule has 7 heteroatoms. The molecule has 2 heterocycles.